The first-order chi connectivity index (χ1) is 9.33. The predicted molar refractivity (Wildman–Crippen MR) is 85.6 cm³/mol. The molecule has 0 aliphatic rings. The minimum Gasteiger partial charge on any atom is -0.265 e. The molecule has 19 heavy (non-hydrogen) atoms. The number of nitrogens with zero attached hydrogens (tertiary/aromatic N) is 2. The Labute approximate surface area is 125 Å². The summed E-state index contributed by atoms with van der Waals surface area (Å²) in [7, 11) is 0. The molecular weight excluding hydrogens is 347 g/mol. The van der Waals surface area contributed by atoms with Crippen molar-refractivity contribution in [2.45, 2.75) is 0 Å². The monoisotopic (exact) mass is 358 g/mol. The summed E-state index contributed by atoms with van der Waals surface area (Å²) in [6, 6.07) is 14.7. The van der Waals surface area contributed by atoms with Crippen molar-refractivity contribution < 1.29 is 0 Å². The fourth-order valence-corrected chi connectivity index (χ4v) is 2.68. The Bertz CT molecular complexity index is 624. The van der Waals surface area contributed by atoms with Crippen molar-refractivity contribution in [1.29, 1.82) is 0 Å². The highest BCUT2D eigenvalue weighted by atomic mass is 127. The first kappa shape index (κ1) is 12.3. The van der Waals surface area contributed by atoms with Gasteiger partial charge >= 0.3 is 0 Å². The van der Waals surface area contributed by atoms with Crippen LogP contribution in [0, 0.1) is 3.57 Å². The molecule has 0 aliphatic heterocycles. The van der Waals surface area contributed by atoms with E-state index in [9.17, 15) is 0 Å². The van der Waals surface area contributed by atoms with Crippen LogP contribution in [0.2, 0.25) is 0 Å². The van der Waals surface area contributed by atoms with Crippen LogP contribution in [0.25, 0.3) is 22.3 Å². The van der Waals surface area contributed by atoms with Crippen LogP contribution >= 0.6 is 22.6 Å². The fraction of sp³-hybridized carbons (Fsp3) is 0. The molecule has 0 radical (unpaired) electrons. The SMILES string of the molecule is Ic1cc(-c2ccncc2)cc(-c2ccncc2)c1. The third-order valence-electron chi connectivity index (χ3n) is 2.93. The van der Waals surface area contributed by atoms with Crippen molar-refractivity contribution in [3.05, 3.63) is 70.8 Å². The van der Waals surface area contributed by atoms with E-state index in [0.29, 0.717) is 0 Å². The molecule has 0 saturated carbocycles. The highest BCUT2D eigenvalue weighted by Gasteiger charge is 2.03. The molecule has 0 fully saturated rings. The Kier molecular flexibility index (Phi) is 3.55. The Morgan fingerprint density at radius 3 is 1.42 bits per heavy atom. The molecule has 0 aliphatic carbocycles. The van der Waals surface area contributed by atoms with Crippen molar-refractivity contribution >= 4 is 22.6 Å². The highest BCUT2D eigenvalue weighted by molar-refractivity contribution is 14.1. The van der Waals surface area contributed by atoms with E-state index in [1.54, 1.807) is 0 Å². The molecule has 0 bridgehead atoms. The van der Waals surface area contributed by atoms with E-state index in [0.717, 1.165) is 0 Å². The van der Waals surface area contributed by atoms with Crippen LogP contribution in [-0.4, -0.2) is 9.97 Å². The second kappa shape index (κ2) is 5.48. The summed E-state index contributed by atoms with van der Waals surface area (Å²) >= 11 is 2.35. The van der Waals surface area contributed by atoms with Crippen LogP contribution in [0.3, 0.4) is 0 Å². The molecule has 2 nitrogen and oxygen atoms in total. The first-order valence-corrected chi connectivity index (χ1v) is 7.02. The molecule has 0 spiro atoms. The van der Waals surface area contributed by atoms with Gasteiger partial charge in [0.15, 0.2) is 0 Å². The molecule has 1 aromatic carbocycles. The van der Waals surface area contributed by atoms with Crippen molar-refractivity contribution in [3.63, 3.8) is 0 Å². The Balaban J connectivity index is 2.12. The summed E-state index contributed by atoms with van der Waals surface area (Å²) in [5, 5.41) is 0. The number of hydrogen-bond donors (Lipinski definition) is 0. The summed E-state index contributed by atoms with van der Waals surface area (Å²) in [5.74, 6) is 0. The average molecular weight is 358 g/mol. The summed E-state index contributed by atoms with van der Waals surface area (Å²) < 4.78 is 1.22. The minimum absolute atomic E-state index is 1.18. The molecule has 3 rings (SSSR count). The van der Waals surface area contributed by atoms with Gasteiger partial charge < -0.3 is 0 Å². The molecule has 2 aromatic heterocycles. The molecule has 3 heteroatoms. The average Bonchev–Trinajstić information content (AvgIpc) is 2.48. The lowest BCUT2D eigenvalue weighted by atomic mass is 10.0. The van der Waals surface area contributed by atoms with E-state index >= 15 is 0 Å². The third-order valence-corrected chi connectivity index (χ3v) is 3.55. The maximum atomic E-state index is 4.06. The molecular formula is C16H11IN2. The molecule has 92 valence electrons. The van der Waals surface area contributed by atoms with Crippen LogP contribution in [0.15, 0.2) is 67.3 Å². The number of rotatable bonds is 2. The topological polar surface area (TPSA) is 25.8 Å². The molecule has 0 saturated heterocycles. The molecule has 0 N–H and O–H groups in total. The predicted octanol–water partition coefficient (Wildman–Crippen LogP) is 4.42. The lowest BCUT2D eigenvalue weighted by Crippen LogP contribution is -1.85. The Morgan fingerprint density at radius 2 is 1.00 bits per heavy atom. The van der Waals surface area contributed by atoms with Gasteiger partial charge in [-0.2, -0.15) is 0 Å². The minimum atomic E-state index is 1.18. The summed E-state index contributed by atoms with van der Waals surface area (Å²) in [6.45, 7) is 0. The van der Waals surface area contributed by atoms with Gasteiger partial charge in [0.25, 0.3) is 0 Å². The highest BCUT2D eigenvalue weighted by Crippen LogP contribution is 2.28. The second-order valence-electron chi connectivity index (χ2n) is 4.20. The van der Waals surface area contributed by atoms with E-state index in [2.05, 4.69) is 50.8 Å². The number of aromatic nitrogens is 2. The van der Waals surface area contributed by atoms with E-state index in [-0.39, 0.29) is 0 Å². The molecule has 0 atom stereocenters. The zero-order chi connectivity index (χ0) is 13.1. The fourth-order valence-electron chi connectivity index (χ4n) is 2.01. The molecule has 0 unspecified atom stereocenters. The van der Waals surface area contributed by atoms with Crippen LogP contribution in [-0.2, 0) is 0 Å². The van der Waals surface area contributed by atoms with Crippen LogP contribution < -0.4 is 0 Å². The zero-order valence-corrected chi connectivity index (χ0v) is 12.3. The largest absolute Gasteiger partial charge is 0.265 e. The van der Waals surface area contributed by atoms with Gasteiger partial charge in [0.2, 0.25) is 0 Å². The standard InChI is InChI=1S/C16H11IN2/c17-16-10-14(12-1-5-18-6-2-12)9-15(11-16)13-3-7-19-8-4-13/h1-11H. The normalized spacial score (nSPS) is 10.4. The van der Waals surface area contributed by atoms with Gasteiger partial charge in [0, 0.05) is 28.4 Å². The van der Waals surface area contributed by atoms with Crippen LogP contribution in [0.4, 0.5) is 0 Å². The van der Waals surface area contributed by atoms with E-state index in [1.807, 2.05) is 49.1 Å². The molecule has 0 amide bonds. The van der Waals surface area contributed by atoms with E-state index in [4.69, 9.17) is 0 Å². The van der Waals surface area contributed by atoms with Gasteiger partial charge in [0.1, 0.15) is 0 Å². The van der Waals surface area contributed by atoms with Crippen LogP contribution in [0.1, 0.15) is 0 Å². The Morgan fingerprint density at radius 1 is 0.579 bits per heavy atom. The van der Waals surface area contributed by atoms with E-state index < -0.39 is 0 Å². The lowest BCUT2D eigenvalue weighted by Gasteiger charge is -2.07. The number of benzene rings is 1. The number of hydrogen-bond acceptors (Lipinski definition) is 2. The number of halogens is 1. The lowest BCUT2D eigenvalue weighted by molar-refractivity contribution is 1.32. The van der Waals surface area contributed by atoms with Gasteiger partial charge in [-0.3, -0.25) is 9.97 Å². The summed E-state index contributed by atoms with van der Waals surface area (Å²) in [5.41, 5.74) is 4.79. The van der Waals surface area contributed by atoms with Crippen molar-refractivity contribution in [2.24, 2.45) is 0 Å². The van der Waals surface area contributed by atoms with Gasteiger partial charge in [0.05, 0.1) is 0 Å². The van der Waals surface area contributed by atoms with E-state index in [1.165, 1.54) is 25.8 Å². The van der Waals surface area contributed by atoms with Crippen LogP contribution in [0.5, 0.6) is 0 Å². The Hall–Kier alpha value is -1.75. The van der Waals surface area contributed by atoms with Crippen molar-refractivity contribution in [3.8, 4) is 22.3 Å². The zero-order valence-electron chi connectivity index (χ0n) is 10.1. The van der Waals surface area contributed by atoms with Gasteiger partial charge in [-0.05, 0) is 87.3 Å². The smallest absolute Gasteiger partial charge is 0.0273 e. The third kappa shape index (κ3) is 2.81. The second-order valence-corrected chi connectivity index (χ2v) is 5.45. The summed E-state index contributed by atoms with van der Waals surface area (Å²) in [6.07, 6.45) is 7.28. The first-order valence-electron chi connectivity index (χ1n) is 5.94. The number of pyridine rings is 2. The van der Waals surface area contributed by atoms with Gasteiger partial charge in [-0.1, -0.05) is 0 Å². The molecule has 3 aromatic rings. The van der Waals surface area contributed by atoms with Crippen molar-refractivity contribution in [2.75, 3.05) is 0 Å². The quantitative estimate of drug-likeness (QED) is 0.634. The van der Waals surface area contributed by atoms with Gasteiger partial charge in [-0.15, -0.1) is 0 Å². The maximum Gasteiger partial charge on any atom is 0.0273 e. The molecule has 2 heterocycles. The summed E-state index contributed by atoms with van der Waals surface area (Å²) in [4.78, 5) is 8.13. The van der Waals surface area contributed by atoms with Crippen molar-refractivity contribution in [1.82, 2.24) is 9.97 Å². The van der Waals surface area contributed by atoms with Gasteiger partial charge in [-0.25, -0.2) is 0 Å². The maximum absolute atomic E-state index is 4.06.